The third-order valence-electron chi connectivity index (χ3n) is 1.41. The number of nitrogens with zero attached hydrogens (tertiary/aromatic N) is 1. The molecular formula is C8H11NO4. The molecule has 0 saturated carbocycles. The van der Waals surface area contributed by atoms with Crippen LogP contribution < -0.4 is 4.74 Å². The second-order valence-electron chi connectivity index (χ2n) is 2.46. The van der Waals surface area contributed by atoms with Crippen LogP contribution in [0.25, 0.3) is 0 Å². The zero-order valence-electron chi connectivity index (χ0n) is 7.32. The Balaban J connectivity index is 2.44. The van der Waals surface area contributed by atoms with Crippen LogP contribution in [0.5, 0.6) is 5.88 Å². The predicted molar refractivity (Wildman–Crippen MR) is 43.6 cm³/mol. The van der Waals surface area contributed by atoms with E-state index >= 15 is 0 Å². The first-order chi connectivity index (χ1) is 6.22. The van der Waals surface area contributed by atoms with Crippen LogP contribution >= 0.6 is 0 Å². The summed E-state index contributed by atoms with van der Waals surface area (Å²) in [4.78, 5) is 10.2. The highest BCUT2D eigenvalue weighted by Gasteiger charge is 2.06. The molecule has 1 heterocycles. The number of aliphatic carboxylic acids is 1. The second-order valence-corrected chi connectivity index (χ2v) is 2.46. The lowest BCUT2D eigenvalue weighted by Gasteiger charge is -1.91. The molecule has 1 N–H and O–H groups in total. The van der Waals surface area contributed by atoms with Gasteiger partial charge in [0.2, 0.25) is 0 Å². The summed E-state index contributed by atoms with van der Waals surface area (Å²) in [6.45, 7) is 2.36. The fourth-order valence-electron chi connectivity index (χ4n) is 0.858. The highest BCUT2D eigenvalue weighted by Crippen LogP contribution is 2.12. The lowest BCUT2D eigenvalue weighted by molar-refractivity contribution is -0.137. The number of hydrogen-bond donors (Lipinski definition) is 1. The maximum atomic E-state index is 10.2. The first-order valence-corrected chi connectivity index (χ1v) is 4.02. The molecule has 0 unspecified atom stereocenters. The molecule has 1 aromatic heterocycles. The molecule has 0 fully saturated rings. The third-order valence-corrected chi connectivity index (χ3v) is 1.41. The largest absolute Gasteiger partial charge is 0.481 e. The Labute approximate surface area is 75.3 Å². The van der Waals surface area contributed by atoms with Gasteiger partial charge in [-0.2, -0.15) is 0 Å². The molecule has 0 aliphatic rings. The van der Waals surface area contributed by atoms with Crippen molar-refractivity contribution in [3.05, 3.63) is 11.8 Å². The smallest absolute Gasteiger partial charge is 0.303 e. The van der Waals surface area contributed by atoms with Crippen LogP contribution in [0.3, 0.4) is 0 Å². The first-order valence-electron chi connectivity index (χ1n) is 4.02. The molecule has 13 heavy (non-hydrogen) atoms. The van der Waals surface area contributed by atoms with Crippen molar-refractivity contribution in [2.75, 3.05) is 6.61 Å². The summed E-state index contributed by atoms with van der Waals surface area (Å²) in [5, 5.41) is 12.0. The Morgan fingerprint density at radius 2 is 2.54 bits per heavy atom. The molecule has 0 atom stereocenters. The van der Waals surface area contributed by atoms with E-state index in [-0.39, 0.29) is 6.42 Å². The van der Waals surface area contributed by atoms with E-state index in [0.717, 1.165) is 0 Å². The van der Waals surface area contributed by atoms with Crippen LogP contribution in [-0.4, -0.2) is 22.8 Å². The quantitative estimate of drug-likeness (QED) is 0.743. The minimum absolute atomic E-state index is 0.0424. The van der Waals surface area contributed by atoms with Crippen molar-refractivity contribution in [2.45, 2.75) is 19.8 Å². The summed E-state index contributed by atoms with van der Waals surface area (Å²) in [7, 11) is 0. The average molecular weight is 185 g/mol. The van der Waals surface area contributed by atoms with Crippen LogP contribution in [-0.2, 0) is 11.2 Å². The molecule has 0 aromatic carbocycles. The molecule has 0 aliphatic carbocycles. The molecule has 0 spiro atoms. The maximum absolute atomic E-state index is 10.2. The number of ether oxygens (including phenoxy) is 1. The van der Waals surface area contributed by atoms with Crippen molar-refractivity contribution in [1.29, 1.82) is 0 Å². The minimum atomic E-state index is -0.852. The van der Waals surface area contributed by atoms with E-state index in [0.29, 0.717) is 24.7 Å². The van der Waals surface area contributed by atoms with E-state index in [1.807, 2.05) is 6.92 Å². The van der Waals surface area contributed by atoms with Crippen LogP contribution in [0.1, 0.15) is 19.1 Å². The molecule has 72 valence electrons. The van der Waals surface area contributed by atoms with Crippen molar-refractivity contribution >= 4 is 5.97 Å². The number of carboxylic acid groups (broad SMARTS) is 1. The molecule has 5 nitrogen and oxygen atoms in total. The number of aromatic nitrogens is 1. The molecule has 0 aliphatic heterocycles. The average Bonchev–Trinajstić information content (AvgIpc) is 2.50. The fourth-order valence-corrected chi connectivity index (χ4v) is 0.858. The molecule has 0 saturated heterocycles. The van der Waals surface area contributed by atoms with Gasteiger partial charge in [-0.1, -0.05) is 0 Å². The summed E-state index contributed by atoms with van der Waals surface area (Å²) in [5.74, 6) is 0.0862. The standard InChI is InChI=1S/C8H11NO4/c1-2-12-7-5-6(13-9-7)3-4-8(10)11/h5H,2-4H2,1H3,(H,10,11). The zero-order chi connectivity index (χ0) is 9.68. The van der Waals surface area contributed by atoms with Gasteiger partial charge in [0.25, 0.3) is 5.88 Å². The van der Waals surface area contributed by atoms with Crippen molar-refractivity contribution in [1.82, 2.24) is 5.16 Å². The Morgan fingerprint density at radius 3 is 3.15 bits per heavy atom. The van der Waals surface area contributed by atoms with Gasteiger partial charge in [-0.25, -0.2) is 0 Å². The fraction of sp³-hybridized carbons (Fsp3) is 0.500. The molecule has 0 radical (unpaired) electrons. The SMILES string of the molecule is CCOc1cc(CCC(=O)O)on1. The van der Waals surface area contributed by atoms with Gasteiger partial charge in [0, 0.05) is 12.5 Å². The second kappa shape index (κ2) is 4.49. The van der Waals surface area contributed by atoms with E-state index in [1.54, 1.807) is 6.07 Å². The van der Waals surface area contributed by atoms with E-state index < -0.39 is 5.97 Å². The monoisotopic (exact) mass is 185 g/mol. The Bertz CT molecular complexity index is 281. The Hall–Kier alpha value is -1.52. The zero-order valence-corrected chi connectivity index (χ0v) is 7.32. The van der Waals surface area contributed by atoms with Crippen LogP contribution in [0.4, 0.5) is 0 Å². The van der Waals surface area contributed by atoms with Gasteiger partial charge in [-0.05, 0) is 12.1 Å². The Morgan fingerprint density at radius 1 is 1.77 bits per heavy atom. The van der Waals surface area contributed by atoms with E-state index in [4.69, 9.17) is 14.4 Å². The van der Waals surface area contributed by atoms with Crippen molar-refractivity contribution < 1.29 is 19.2 Å². The van der Waals surface area contributed by atoms with E-state index in [9.17, 15) is 4.79 Å². The van der Waals surface area contributed by atoms with Crippen LogP contribution in [0.15, 0.2) is 10.6 Å². The van der Waals surface area contributed by atoms with Gasteiger partial charge >= 0.3 is 5.97 Å². The lowest BCUT2D eigenvalue weighted by atomic mass is 10.2. The highest BCUT2D eigenvalue weighted by atomic mass is 16.5. The number of hydrogen-bond acceptors (Lipinski definition) is 4. The van der Waals surface area contributed by atoms with E-state index in [2.05, 4.69) is 5.16 Å². The van der Waals surface area contributed by atoms with Crippen molar-refractivity contribution in [2.24, 2.45) is 0 Å². The summed E-state index contributed by atoms with van der Waals surface area (Å²) >= 11 is 0. The summed E-state index contributed by atoms with van der Waals surface area (Å²) in [6.07, 6.45) is 0.385. The van der Waals surface area contributed by atoms with Gasteiger partial charge in [-0.15, -0.1) is 0 Å². The molecule has 1 rings (SSSR count). The number of rotatable bonds is 5. The molecule has 0 amide bonds. The Kier molecular flexibility index (Phi) is 3.31. The lowest BCUT2D eigenvalue weighted by Crippen LogP contribution is -1.96. The number of aryl methyl sites for hydroxylation is 1. The highest BCUT2D eigenvalue weighted by molar-refractivity contribution is 5.66. The van der Waals surface area contributed by atoms with Crippen molar-refractivity contribution in [3.63, 3.8) is 0 Å². The molecule has 5 heteroatoms. The number of carbonyl (C=O) groups is 1. The molecular weight excluding hydrogens is 174 g/mol. The summed E-state index contributed by atoms with van der Waals surface area (Å²) < 4.78 is 9.87. The van der Waals surface area contributed by atoms with Crippen molar-refractivity contribution in [3.8, 4) is 5.88 Å². The van der Waals surface area contributed by atoms with Gasteiger partial charge in [0.1, 0.15) is 5.76 Å². The predicted octanol–water partition coefficient (Wildman–Crippen LogP) is 1.09. The van der Waals surface area contributed by atoms with Crippen LogP contribution in [0, 0.1) is 0 Å². The van der Waals surface area contributed by atoms with Crippen LogP contribution in [0.2, 0.25) is 0 Å². The summed E-state index contributed by atoms with van der Waals surface area (Å²) in [5.41, 5.74) is 0. The normalized spacial score (nSPS) is 9.92. The topological polar surface area (TPSA) is 72.6 Å². The van der Waals surface area contributed by atoms with Gasteiger partial charge in [-0.3, -0.25) is 4.79 Å². The van der Waals surface area contributed by atoms with Gasteiger partial charge in [0.05, 0.1) is 13.0 Å². The third kappa shape index (κ3) is 3.14. The summed E-state index contributed by atoms with van der Waals surface area (Å²) in [6, 6.07) is 1.60. The van der Waals surface area contributed by atoms with E-state index in [1.165, 1.54) is 0 Å². The van der Waals surface area contributed by atoms with Gasteiger partial charge < -0.3 is 14.4 Å². The minimum Gasteiger partial charge on any atom is -0.481 e. The first kappa shape index (κ1) is 9.57. The number of carboxylic acids is 1. The molecule has 1 aromatic rings. The van der Waals surface area contributed by atoms with Gasteiger partial charge in [0.15, 0.2) is 0 Å². The maximum Gasteiger partial charge on any atom is 0.303 e. The molecule has 0 bridgehead atoms.